The van der Waals surface area contributed by atoms with E-state index in [1.165, 1.54) is 28.7 Å². The predicted molar refractivity (Wildman–Crippen MR) is 94.3 cm³/mol. The zero-order valence-corrected chi connectivity index (χ0v) is 13.7. The molecule has 22 heavy (non-hydrogen) atoms. The number of nitrogens with zero attached hydrogens (tertiary/aromatic N) is 1. The molecule has 0 amide bonds. The molecule has 4 rings (SSSR count). The second-order valence-electron chi connectivity index (χ2n) is 6.46. The van der Waals surface area contributed by atoms with Gasteiger partial charge in [0.2, 0.25) is 0 Å². The van der Waals surface area contributed by atoms with Crippen LogP contribution in [0.4, 0.5) is 0 Å². The Kier molecular flexibility index (Phi) is 4.26. The van der Waals surface area contributed by atoms with Crippen molar-refractivity contribution >= 4 is 12.4 Å². The van der Waals surface area contributed by atoms with Crippen LogP contribution in [0.2, 0.25) is 0 Å². The molecule has 0 radical (unpaired) electrons. The Bertz CT molecular complexity index is 624. The lowest BCUT2D eigenvalue weighted by Gasteiger charge is -2.30. The monoisotopic (exact) mass is 314 g/mol. The van der Waals surface area contributed by atoms with Crippen molar-refractivity contribution in [2.24, 2.45) is 11.7 Å². The number of halogens is 1. The van der Waals surface area contributed by atoms with Crippen molar-refractivity contribution in [3.63, 3.8) is 0 Å². The minimum atomic E-state index is 0. The number of likely N-dealkylation sites (tertiary alicyclic amines) is 1. The van der Waals surface area contributed by atoms with E-state index in [0.29, 0.717) is 18.0 Å². The van der Waals surface area contributed by atoms with E-state index in [9.17, 15) is 0 Å². The van der Waals surface area contributed by atoms with Crippen LogP contribution in [0.1, 0.15) is 30.5 Å². The molecule has 116 valence electrons. The number of hydrogen-bond acceptors (Lipinski definition) is 2. The average molecular weight is 315 g/mol. The van der Waals surface area contributed by atoms with Gasteiger partial charge >= 0.3 is 0 Å². The Hall–Kier alpha value is -1.35. The fraction of sp³-hybridized carbons (Fsp3) is 0.368. The van der Waals surface area contributed by atoms with Crippen molar-refractivity contribution < 1.29 is 0 Å². The van der Waals surface area contributed by atoms with Crippen LogP contribution >= 0.6 is 12.4 Å². The van der Waals surface area contributed by atoms with Crippen LogP contribution in [0.5, 0.6) is 0 Å². The SMILES string of the molecule is CC1CC(CN)CN1C1c2ccccc2-c2ccccc21.Cl. The van der Waals surface area contributed by atoms with E-state index in [0.717, 1.165) is 13.1 Å². The van der Waals surface area contributed by atoms with Crippen LogP contribution in [-0.4, -0.2) is 24.0 Å². The third-order valence-corrected chi connectivity index (χ3v) is 5.18. The van der Waals surface area contributed by atoms with E-state index >= 15 is 0 Å². The molecule has 2 N–H and O–H groups in total. The number of fused-ring (bicyclic) bond motifs is 3. The average Bonchev–Trinajstić information content (AvgIpc) is 3.05. The lowest BCUT2D eigenvalue weighted by atomic mass is 10.0. The van der Waals surface area contributed by atoms with Crippen molar-refractivity contribution in [2.75, 3.05) is 13.1 Å². The van der Waals surface area contributed by atoms with Crippen molar-refractivity contribution in [2.45, 2.75) is 25.4 Å². The lowest BCUT2D eigenvalue weighted by Crippen LogP contribution is -2.32. The summed E-state index contributed by atoms with van der Waals surface area (Å²) in [4.78, 5) is 2.65. The molecule has 2 atom stereocenters. The van der Waals surface area contributed by atoms with E-state index in [-0.39, 0.29) is 12.4 Å². The maximum atomic E-state index is 5.92. The normalized spacial score (nSPS) is 23.9. The van der Waals surface area contributed by atoms with Gasteiger partial charge in [0.25, 0.3) is 0 Å². The Balaban J connectivity index is 0.00000144. The third-order valence-electron chi connectivity index (χ3n) is 5.18. The van der Waals surface area contributed by atoms with Crippen molar-refractivity contribution in [3.05, 3.63) is 59.7 Å². The van der Waals surface area contributed by atoms with Gasteiger partial charge in [0, 0.05) is 12.6 Å². The standard InChI is InChI=1S/C19H22N2.ClH/c1-13-10-14(11-20)12-21(13)19-17-8-4-2-6-15(17)16-7-3-5-9-18(16)19;/h2-9,13-14,19H,10-12,20H2,1H3;1H. The molecule has 0 spiro atoms. The van der Waals surface area contributed by atoms with Gasteiger partial charge in [-0.25, -0.2) is 0 Å². The molecule has 2 aromatic carbocycles. The second kappa shape index (κ2) is 6.04. The smallest absolute Gasteiger partial charge is 0.0616 e. The van der Waals surface area contributed by atoms with Gasteiger partial charge in [-0.2, -0.15) is 0 Å². The Morgan fingerprint density at radius 1 is 1.00 bits per heavy atom. The first kappa shape index (κ1) is 15.5. The Morgan fingerprint density at radius 3 is 2.05 bits per heavy atom. The van der Waals surface area contributed by atoms with Crippen LogP contribution in [0, 0.1) is 5.92 Å². The molecule has 0 saturated carbocycles. The van der Waals surface area contributed by atoms with Gasteiger partial charge in [0.15, 0.2) is 0 Å². The zero-order valence-electron chi connectivity index (χ0n) is 12.9. The largest absolute Gasteiger partial charge is 0.330 e. The van der Waals surface area contributed by atoms with Crippen molar-refractivity contribution in [3.8, 4) is 11.1 Å². The maximum absolute atomic E-state index is 5.92. The highest BCUT2D eigenvalue weighted by molar-refractivity contribution is 5.85. The van der Waals surface area contributed by atoms with E-state index in [1.54, 1.807) is 0 Å². The molecule has 1 aliphatic heterocycles. The van der Waals surface area contributed by atoms with Gasteiger partial charge in [-0.1, -0.05) is 48.5 Å². The number of hydrogen-bond donors (Lipinski definition) is 1. The summed E-state index contributed by atoms with van der Waals surface area (Å²) >= 11 is 0. The first-order chi connectivity index (χ1) is 10.3. The van der Waals surface area contributed by atoms with Crippen LogP contribution in [-0.2, 0) is 0 Å². The fourth-order valence-corrected chi connectivity index (χ4v) is 4.19. The topological polar surface area (TPSA) is 29.3 Å². The quantitative estimate of drug-likeness (QED) is 0.912. The molecule has 1 heterocycles. The van der Waals surface area contributed by atoms with Gasteiger partial charge in [0.1, 0.15) is 0 Å². The van der Waals surface area contributed by atoms with E-state index in [1.807, 2.05) is 0 Å². The first-order valence-corrected chi connectivity index (χ1v) is 7.93. The maximum Gasteiger partial charge on any atom is 0.0616 e. The summed E-state index contributed by atoms with van der Waals surface area (Å²) in [7, 11) is 0. The van der Waals surface area contributed by atoms with Crippen molar-refractivity contribution in [1.82, 2.24) is 4.90 Å². The third kappa shape index (κ3) is 2.26. The van der Waals surface area contributed by atoms with Gasteiger partial charge in [0.05, 0.1) is 6.04 Å². The molecule has 2 unspecified atom stereocenters. The van der Waals surface area contributed by atoms with E-state index < -0.39 is 0 Å². The lowest BCUT2D eigenvalue weighted by molar-refractivity contribution is 0.218. The first-order valence-electron chi connectivity index (χ1n) is 7.93. The van der Waals surface area contributed by atoms with Crippen molar-refractivity contribution in [1.29, 1.82) is 0 Å². The number of rotatable bonds is 2. The molecule has 0 aromatic heterocycles. The van der Waals surface area contributed by atoms with Crippen LogP contribution in [0.25, 0.3) is 11.1 Å². The van der Waals surface area contributed by atoms with Gasteiger partial charge < -0.3 is 5.73 Å². The zero-order chi connectivity index (χ0) is 14.4. The highest BCUT2D eigenvalue weighted by Crippen LogP contribution is 2.48. The van der Waals surface area contributed by atoms with Crippen LogP contribution in [0.3, 0.4) is 0 Å². The minimum absolute atomic E-state index is 0. The molecular weight excluding hydrogens is 292 g/mol. The second-order valence-corrected chi connectivity index (χ2v) is 6.46. The highest BCUT2D eigenvalue weighted by Gasteiger charge is 2.39. The molecule has 1 saturated heterocycles. The molecule has 1 fully saturated rings. The molecule has 3 heteroatoms. The van der Waals surface area contributed by atoms with E-state index in [4.69, 9.17) is 5.73 Å². The molecule has 2 aromatic rings. The number of nitrogens with two attached hydrogens (primary N) is 1. The highest BCUT2D eigenvalue weighted by atomic mass is 35.5. The summed E-state index contributed by atoms with van der Waals surface area (Å²) in [6.45, 7) is 4.26. The van der Waals surface area contributed by atoms with Gasteiger partial charge in [-0.05, 0) is 48.1 Å². The number of benzene rings is 2. The summed E-state index contributed by atoms with van der Waals surface area (Å²) in [5.41, 5.74) is 11.7. The molecular formula is C19H23ClN2. The molecule has 2 aliphatic rings. The summed E-state index contributed by atoms with van der Waals surface area (Å²) in [5, 5.41) is 0. The van der Waals surface area contributed by atoms with Crippen LogP contribution < -0.4 is 5.73 Å². The van der Waals surface area contributed by atoms with Gasteiger partial charge in [-0.15, -0.1) is 12.4 Å². The minimum Gasteiger partial charge on any atom is -0.330 e. The summed E-state index contributed by atoms with van der Waals surface area (Å²) in [6.07, 6.45) is 1.22. The Labute approximate surface area is 138 Å². The molecule has 2 nitrogen and oxygen atoms in total. The molecule has 1 aliphatic carbocycles. The van der Waals surface area contributed by atoms with E-state index in [2.05, 4.69) is 60.4 Å². The summed E-state index contributed by atoms with van der Waals surface area (Å²) in [5.74, 6) is 0.639. The fourth-order valence-electron chi connectivity index (χ4n) is 4.19. The summed E-state index contributed by atoms with van der Waals surface area (Å²) < 4.78 is 0. The Morgan fingerprint density at radius 2 is 1.55 bits per heavy atom. The molecule has 0 bridgehead atoms. The van der Waals surface area contributed by atoms with Gasteiger partial charge in [-0.3, -0.25) is 4.90 Å². The predicted octanol–water partition coefficient (Wildman–Crippen LogP) is 3.85. The van der Waals surface area contributed by atoms with Crippen LogP contribution in [0.15, 0.2) is 48.5 Å². The summed E-state index contributed by atoms with van der Waals surface area (Å²) in [6, 6.07) is 18.7.